The van der Waals surface area contributed by atoms with Gasteiger partial charge >= 0.3 is 0 Å². The number of piperidine rings is 1. The molecule has 0 aliphatic carbocycles. The topological polar surface area (TPSA) is 35.5 Å². The Morgan fingerprint density at radius 1 is 1.35 bits per heavy atom. The second-order valence-electron chi connectivity index (χ2n) is 4.89. The number of nitrogens with zero attached hydrogens (tertiary/aromatic N) is 1. The van der Waals surface area contributed by atoms with Crippen molar-refractivity contribution in [3.05, 3.63) is 35.9 Å². The lowest BCUT2D eigenvalue weighted by Crippen LogP contribution is -2.46. The average Bonchev–Trinajstić information content (AvgIpc) is 2.35. The van der Waals surface area contributed by atoms with Crippen LogP contribution in [0.3, 0.4) is 0 Å². The molecule has 0 aromatic heterocycles. The standard InChI is InChI=1S/C14H22N2O/c1-15-9-13-11-16(8-7-14(13)17)10-12-5-3-2-4-6-12/h2-6,13-15,17H,7-11H2,1H3. The molecule has 1 aliphatic rings. The number of rotatable bonds is 4. The molecule has 1 aromatic rings. The molecule has 3 heteroatoms. The highest BCUT2D eigenvalue weighted by Gasteiger charge is 2.26. The first-order valence-corrected chi connectivity index (χ1v) is 6.38. The summed E-state index contributed by atoms with van der Waals surface area (Å²) in [5.74, 6) is 0.359. The smallest absolute Gasteiger partial charge is 0.0605 e. The number of hydrogen-bond donors (Lipinski definition) is 2. The second-order valence-corrected chi connectivity index (χ2v) is 4.89. The first-order valence-electron chi connectivity index (χ1n) is 6.38. The first kappa shape index (κ1) is 12.6. The molecule has 2 rings (SSSR count). The van der Waals surface area contributed by atoms with Crippen LogP contribution in [-0.4, -0.2) is 42.8 Å². The van der Waals surface area contributed by atoms with Crippen molar-refractivity contribution in [2.45, 2.75) is 19.1 Å². The fourth-order valence-corrected chi connectivity index (χ4v) is 2.54. The van der Waals surface area contributed by atoms with Crippen LogP contribution >= 0.6 is 0 Å². The largest absolute Gasteiger partial charge is 0.393 e. The Morgan fingerprint density at radius 2 is 2.12 bits per heavy atom. The molecule has 0 amide bonds. The summed E-state index contributed by atoms with van der Waals surface area (Å²) in [6.07, 6.45) is 0.744. The third-order valence-corrected chi connectivity index (χ3v) is 3.49. The van der Waals surface area contributed by atoms with Crippen molar-refractivity contribution in [3.8, 4) is 0 Å². The van der Waals surface area contributed by atoms with Crippen LogP contribution in [0, 0.1) is 5.92 Å². The van der Waals surface area contributed by atoms with Gasteiger partial charge in [-0.15, -0.1) is 0 Å². The van der Waals surface area contributed by atoms with E-state index in [0.717, 1.165) is 32.6 Å². The van der Waals surface area contributed by atoms with Gasteiger partial charge in [0, 0.05) is 32.1 Å². The van der Waals surface area contributed by atoms with E-state index in [1.807, 2.05) is 13.1 Å². The molecule has 0 saturated carbocycles. The van der Waals surface area contributed by atoms with E-state index in [9.17, 15) is 5.11 Å². The fraction of sp³-hybridized carbons (Fsp3) is 0.571. The first-order chi connectivity index (χ1) is 8.29. The van der Waals surface area contributed by atoms with Gasteiger partial charge in [-0.1, -0.05) is 30.3 Å². The molecule has 1 fully saturated rings. The van der Waals surface area contributed by atoms with E-state index < -0.39 is 0 Å². The van der Waals surface area contributed by atoms with Crippen LogP contribution < -0.4 is 5.32 Å². The van der Waals surface area contributed by atoms with Gasteiger partial charge in [0.2, 0.25) is 0 Å². The highest BCUT2D eigenvalue weighted by atomic mass is 16.3. The van der Waals surface area contributed by atoms with Crippen LogP contribution in [0.2, 0.25) is 0 Å². The molecule has 1 aliphatic heterocycles. The number of nitrogens with one attached hydrogen (secondary N) is 1. The minimum absolute atomic E-state index is 0.144. The van der Waals surface area contributed by atoms with E-state index in [1.54, 1.807) is 0 Å². The van der Waals surface area contributed by atoms with Crippen molar-refractivity contribution in [2.75, 3.05) is 26.7 Å². The number of hydrogen-bond acceptors (Lipinski definition) is 3. The van der Waals surface area contributed by atoms with Gasteiger partial charge in [0.1, 0.15) is 0 Å². The maximum absolute atomic E-state index is 9.92. The zero-order valence-electron chi connectivity index (χ0n) is 10.5. The minimum Gasteiger partial charge on any atom is -0.393 e. The third kappa shape index (κ3) is 3.53. The van der Waals surface area contributed by atoms with Gasteiger partial charge in [0.05, 0.1) is 6.10 Å². The Morgan fingerprint density at radius 3 is 2.82 bits per heavy atom. The normalized spacial score (nSPS) is 26.0. The van der Waals surface area contributed by atoms with Crippen LogP contribution in [0.25, 0.3) is 0 Å². The lowest BCUT2D eigenvalue weighted by molar-refractivity contribution is 0.0248. The van der Waals surface area contributed by atoms with Gasteiger partial charge in [0.15, 0.2) is 0 Å². The number of likely N-dealkylation sites (tertiary alicyclic amines) is 1. The molecule has 1 aromatic carbocycles. The highest BCUT2D eigenvalue weighted by Crippen LogP contribution is 2.18. The van der Waals surface area contributed by atoms with Crippen LogP contribution in [0.5, 0.6) is 0 Å². The summed E-state index contributed by atoms with van der Waals surface area (Å²) in [5, 5.41) is 13.1. The lowest BCUT2D eigenvalue weighted by Gasteiger charge is -2.36. The molecule has 1 heterocycles. The monoisotopic (exact) mass is 234 g/mol. The maximum Gasteiger partial charge on any atom is 0.0605 e. The SMILES string of the molecule is CNCC1CN(Cc2ccccc2)CCC1O. The summed E-state index contributed by atoms with van der Waals surface area (Å²) < 4.78 is 0. The van der Waals surface area contributed by atoms with Crippen LogP contribution in [0.1, 0.15) is 12.0 Å². The second kappa shape index (κ2) is 6.15. The summed E-state index contributed by atoms with van der Waals surface area (Å²) in [6, 6.07) is 10.5. The molecule has 94 valence electrons. The molecule has 2 unspecified atom stereocenters. The lowest BCUT2D eigenvalue weighted by atomic mass is 9.94. The third-order valence-electron chi connectivity index (χ3n) is 3.49. The fourth-order valence-electron chi connectivity index (χ4n) is 2.54. The molecular weight excluding hydrogens is 212 g/mol. The van der Waals surface area contributed by atoms with Crippen molar-refractivity contribution in [1.29, 1.82) is 0 Å². The van der Waals surface area contributed by atoms with Crippen LogP contribution in [0.4, 0.5) is 0 Å². The number of aliphatic hydroxyl groups is 1. The Bertz CT molecular complexity index is 328. The summed E-state index contributed by atoms with van der Waals surface area (Å²) >= 11 is 0. The molecule has 0 radical (unpaired) electrons. The van der Waals surface area contributed by atoms with E-state index in [-0.39, 0.29) is 6.10 Å². The molecule has 2 atom stereocenters. The zero-order chi connectivity index (χ0) is 12.1. The summed E-state index contributed by atoms with van der Waals surface area (Å²) in [7, 11) is 1.95. The Balaban J connectivity index is 1.90. The van der Waals surface area contributed by atoms with Crippen molar-refractivity contribution in [2.24, 2.45) is 5.92 Å². The zero-order valence-corrected chi connectivity index (χ0v) is 10.5. The minimum atomic E-state index is -0.144. The average molecular weight is 234 g/mol. The van der Waals surface area contributed by atoms with Gasteiger partial charge in [0.25, 0.3) is 0 Å². The maximum atomic E-state index is 9.92. The van der Waals surface area contributed by atoms with E-state index in [1.165, 1.54) is 5.56 Å². The van der Waals surface area contributed by atoms with E-state index in [0.29, 0.717) is 5.92 Å². The van der Waals surface area contributed by atoms with Gasteiger partial charge in [-0.05, 0) is 19.0 Å². The van der Waals surface area contributed by atoms with Crippen LogP contribution in [0.15, 0.2) is 30.3 Å². The molecule has 0 bridgehead atoms. The van der Waals surface area contributed by atoms with Crippen molar-refractivity contribution in [1.82, 2.24) is 10.2 Å². The van der Waals surface area contributed by atoms with Crippen molar-refractivity contribution >= 4 is 0 Å². The predicted octanol–water partition coefficient (Wildman–Crippen LogP) is 1.09. The summed E-state index contributed by atoms with van der Waals surface area (Å²) in [5.41, 5.74) is 1.35. The van der Waals surface area contributed by atoms with E-state index >= 15 is 0 Å². The van der Waals surface area contributed by atoms with Gasteiger partial charge < -0.3 is 10.4 Å². The van der Waals surface area contributed by atoms with Crippen LogP contribution in [-0.2, 0) is 6.54 Å². The Labute approximate surface area is 103 Å². The van der Waals surface area contributed by atoms with Crippen molar-refractivity contribution < 1.29 is 5.11 Å². The van der Waals surface area contributed by atoms with Gasteiger partial charge in [-0.2, -0.15) is 0 Å². The molecule has 3 nitrogen and oxygen atoms in total. The highest BCUT2D eigenvalue weighted by molar-refractivity contribution is 5.14. The van der Waals surface area contributed by atoms with Crippen molar-refractivity contribution in [3.63, 3.8) is 0 Å². The molecule has 1 saturated heterocycles. The number of benzene rings is 1. The van der Waals surface area contributed by atoms with E-state index in [4.69, 9.17) is 0 Å². The molecule has 0 spiro atoms. The molecular formula is C14H22N2O. The Hall–Kier alpha value is -0.900. The predicted molar refractivity (Wildman–Crippen MR) is 69.8 cm³/mol. The van der Waals surface area contributed by atoms with E-state index in [2.05, 4.69) is 34.5 Å². The number of aliphatic hydroxyl groups excluding tert-OH is 1. The Kier molecular flexibility index (Phi) is 4.54. The van der Waals surface area contributed by atoms with Gasteiger partial charge in [-0.3, -0.25) is 4.90 Å². The summed E-state index contributed by atoms with van der Waals surface area (Å²) in [4.78, 5) is 2.43. The van der Waals surface area contributed by atoms with Gasteiger partial charge in [-0.25, -0.2) is 0 Å². The molecule has 17 heavy (non-hydrogen) atoms. The quantitative estimate of drug-likeness (QED) is 0.818. The molecule has 2 N–H and O–H groups in total. The summed E-state index contributed by atoms with van der Waals surface area (Å²) in [6.45, 7) is 3.87.